The van der Waals surface area contributed by atoms with E-state index in [1.165, 1.54) is 12.1 Å². The second-order valence-corrected chi connectivity index (χ2v) is 4.54. The highest BCUT2D eigenvalue weighted by molar-refractivity contribution is 5.43. The Balaban J connectivity index is 2.46. The average Bonchev–Trinajstić information content (AvgIpc) is 2.42. The summed E-state index contributed by atoms with van der Waals surface area (Å²) < 4.78 is 41.7. The number of pyridine rings is 1. The zero-order chi connectivity index (χ0) is 15.5. The van der Waals surface area contributed by atoms with Gasteiger partial charge in [-0.05, 0) is 37.2 Å². The molecule has 2 rings (SSSR count). The van der Waals surface area contributed by atoms with Crippen molar-refractivity contribution in [1.82, 2.24) is 10.3 Å². The summed E-state index contributed by atoms with van der Waals surface area (Å²) in [5, 5.41) is 3.01. The van der Waals surface area contributed by atoms with Gasteiger partial charge in [0, 0.05) is 18.0 Å². The van der Waals surface area contributed by atoms with Gasteiger partial charge in [0.1, 0.15) is 5.75 Å². The maximum absolute atomic E-state index is 12.5. The van der Waals surface area contributed by atoms with Crippen LogP contribution in [0.3, 0.4) is 0 Å². The maximum Gasteiger partial charge on any atom is 0.573 e. The van der Waals surface area contributed by atoms with Crippen molar-refractivity contribution >= 4 is 0 Å². The first-order valence-electron chi connectivity index (χ1n) is 6.35. The molecule has 0 fully saturated rings. The lowest BCUT2D eigenvalue weighted by atomic mass is 9.96. The Bertz CT molecular complexity index is 614. The molecule has 1 unspecified atom stereocenters. The number of hydrogen-bond acceptors (Lipinski definition) is 3. The van der Waals surface area contributed by atoms with Crippen LogP contribution >= 0.6 is 0 Å². The van der Waals surface area contributed by atoms with Gasteiger partial charge >= 0.3 is 6.36 Å². The normalized spacial score (nSPS) is 13.0. The molecule has 1 atom stereocenters. The number of nitrogens with one attached hydrogen (secondary N) is 1. The standard InChI is InChI=1S/C15H15F3N2O/c1-10-7-8-20-9-12(10)14(19-2)11-5-3-4-6-13(11)21-15(16,17)18/h3-9,14,19H,1-2H3. The van der Waals surface area contributed by atoms with E-state index in [2.05, 4.69) is 15.0 Å². The van der Waals surface area contributed by atoms with E-state index in [1.54, 1.807) is 31.6 Å². The largest absolute Gasteiger partial charge is 0.573 e. The van der Waals surface area contributed by atoms with Gasteiger partial charge in [-0.1, -0.05) is 18.2 Å². The Hall–Kier alpha value is -2.08. The lowest BCUT2D eigenvalue weighted by molar-refractivity contribution is -0.275. The molecule has 0 saturated heterocycles. The van der Waals surface area contributed by atoms with Crippen molar-refractivity contribution in [2.24, 2.45) is 0 Å². The summed E-state index contributed by atoms with van der Waals surface area (Å²) in [7, 11) is 1.68. The monoisotopic (exact) mass is 296 g/mol. The van der Waals surface area contributed by atoms with Crippen LogP contribution in [0.25, 0.3) is 0 Å². The fourth-order valence-electron chi connectivity index (χ4n) is 2.19. The van der Waals surface area contributed by atoms with E-state index in [9.17, 15) is 13.2 Å². The van der Waals surface area contributed by atoms with Crippen LogP contribution < -0.4 is 10.1 Å². The van der Waals surface area contributed by atoms with Crippen molar-refractivity contribution in [1.29, 1.82) is 0 Å². The minimum atomic E-state index is -4.72. The van der Waals surface area contributed by atoms with Gasteiger partial charge in [-0.3, -0.25) is 4.98 Å². The third kappa shape index (κ3) is 3.72. The number of alkyl halides is 3. The summed E-state index contributed by atoms with van der Waals surface area (Å²) in [6, 6.07) is 7.47. The van der Waals surface area contributed by atoms with Crippen molar-refractivity contribution in [3.8, 4) is 5.75 Å². The summed E-state index contributed by atoms with van der Waals surface area (Å²) in [5.41, 5.74) is 2.15. The number of nitrogens with zero attached hydrogens (tertiary/aromatic N) is 1. The van der Waals surface area contributed by atoms with Gasteiger partial charge in [0.2, 0.25) is 0 Å². The van der Waals surface area contributed by atoms with Gasteiger partial charge in [0.05, 0.1) is 6.04 Å². The number of aryl methyl sites for hydroxylation is 1. The van der Waals surface area contributed by atoms with Crippen LogP contribution in [0.2, 0.25) is 0 Å². The summed E-state index contributed by atoms with van der Waals surface area (Å²) in [6.07, 6.45) is -1.44. The second kappa shape index (κ2) is 6.13. The molecule has 112 valence electrons. The molecule has 0 amide bonds. The van der Waals surface area contributed by atoms with E-state index in [4.69, 9.17) is 0 Å². The van der Waals surface area contributed by atoms with Crippen molar-refractivity contribution < 1.29 is 17.9 Å². The molecule has 1 N–H and O–H groups in total. The Kier molecular flexibility index (Phi) is 4.47. The van der Waals surface area contributed by atoms with Crippen molar-refractivity contribution in [3.63, 3.8) is 0 Å². The summed E-state index contributed by atoms with van der Waals surface area (Å²) in [4.78, 5) is 4.04. The molecule has 6 heteroatoms. The third-order valence-corrected chi connectivity index (χ3v) is 3.13. The molecule has 0 bridgehead atoms. The summed E-state index contributed by atoms with van der Waals surface area (Å²) in [5.74, 6) is -0.215. The molecule has 3 nitrogen and oxygen atoms in total. The van der Waals surface area contributed by atoms with E-state index >= 15 is 0 Å². The van der Waals surface area contributed by atoms with Gasteiger partial charge in [-0.15, -0.1) is 13.2 Å². The number of aromatic nitrogens is 1. The van der Waals surface area contributed by atoms with Gasteiger partial charge in [0.15, 0.2) is 0 Å². The zero-order valence-electron chi connectivity index (χ0n) is 11.6. The molecular weight excluding hydrogens is 281 g/mol. The predicted molar refractivity (Wildman–Crippen MR) is 73.0 cm³/mol. The lowest BCUT2D eigenvalue weighted by Gasteiger charge is -2.22. The van der Waals surface area contributed by atoms with Crippen LogP contribution in [0.4, 0.5) is 13.2 Å². The van der Waals surface area contributed by atoms with Crippen molar-refractivity contribution in [2.75, 3.05) is 7.05 Å². The minimum Gasteiger partial charge on any atom is -0.405 e. The smallest absolute Gasteiger partial charge is 0.405 e. The Labute approximate surface area is 120 Å². The van der Waals surface area contributed by atoms with E-state index < -0.39 is 12.4 Å². The first kappa shape index (κ1) is 15.3. The first-order chi connectivity index (χ1) is 9.92. The van der Waals surface area contributed by atoms with Gasteiger partial charge < -0.3 is 10.1 Å². The Morgan fingerprint density at radius 2 is 1.86 bits per heavy atom. The van der Waals surface area contributed by atoms with Crippen LogP contribution in [0, 0.1) is 6.92 Å². The quantitative estimate of drug-likeness (QED) is 0.936. The Morgan fingerprint density at radius 1 is 1.14 bits per heavy atom. The highest BCUT2D eigenvalue weighted by Crippen LogP contribution is 2.33. The van der Waals surface area contributed by atoms with Crippen LogP contribution in [0.15, 0.2) is 42.7 Å². The molecule has 0 saturated carbocycles. The molecule has 1 aromatic carbocycles. The maximum atomic E-state index is 12.5. The number of hydrogen-bond donors (Lipinski definition) is 1. The SMILES string of the molecule is CNC(c1cnccc1C)c1ccccc1OC(F)(F)F. The number of benzene rings is 1. The zero-order valence-corrected chi connectivity index (χ0v) is 11.6. The number of ether oxygens (including phenoxy) is 1. The molecule has 1 heterocycles. The lowest BCUT2D eigenvalue weighted by Crippen LogP contribution is -2.23. The molecule has 0 radical (unpaired) electrons. The summed E-state index contributed by atoms with van der Waals surface area (Å²) >= 11 is 0. The molecule has 0 aliphatic rings. The molecular formula is C15H15F3N2O. The highest BCUT2D eigenvalue weighted by Gasteiger charge is 2.33. The highest BCUT2D eigenvalue weighted by atomic mass is 19.4. The van der Waals surface area contributed by atoms with Crippen LogP contribution in [-0.4, -0.2) is 18.4 Å². The van der Waals surface area contributed by atoms with Crippen LogP contribution in [0.1, 0.15) is 22.7 Å². The van der Waals surface area contributed by atoms with Crippen LogP contribution in [-0.2, 0) is 0 Å². The summed E-state index contributed by atoms with van der Waals surface area (Å²) in [6.45, 7) is 1.88. The molecule has 0 aliphatic carbocycles. The molecule has 0 aliphatic heterocycles. The second-order valence-electron chi connectivity index (χ2n) is 4.54. The van der Waals surface area contributed by atoms with Crippen molar-refractivity contribution in [2.45, 2.75) is 19.3 Å². The minimum absolute atomic E-state index is 0.215. The number of rotatable bonds is 4. The predicted octanol–water partition coefficient (Wildman–Crippen LogP) is 3.60. The van der Waals surface area contributed by atoms with E-state index in [0.29, 0.717) is 5.56 Å². The van der Waals surface area contributed by atoms with Gasteiger partial charge in [-0.2, -0.15) is 0 Å². The van der Waals surface area contributed by atoms with E-state index in [-0.39, 0.29) is 5.75 Å². The van der Waals surface area contributed by atoms with E-state index in [1.807, 2.05) is 13.0 Å². The molecule has 2 aromatic rings. The molecule has 0 spiro atoms. The first-order valence-corrected chi connectivity index (χ1v) is 6.35. The van der Waals surface area contributed by atoms with Crippen LogP contribution in [0.5, 0.6) is 5.75 Å². The fraction of sp³-hybridized carbons (Fsp3) is 0.267. The van der Waals surface area contributed by atoms with Gasteiger partial charge in [0.25, 0.3) is 0 Å². The average molecular weight is 296 g/mol. The topological polar surface area (TPSA) is 34.2 Å². The van der Waals surface area contributed by atoms with E-state index in [0.717, 1.165) is 11.1 Å². The molecule has 1 aromatic heterocycles. The number of halogens is 3. The Morgan fingerprint density at radius 3 is 2.48 bits per heavy atom. The third-order valence-electron chi connectivity index (χ3n) is 3.13. The van der Waals surface area contributed by atoms with Crippen molar-refractivity contribution in [3.05, 3.63) is 59.4 Å². The fourth-order valence-corrected chi connectivity index (χ4v) is 2.19. The number of para-hydroxylation sites is 1. The molecule has 21 heavy (non-hydrogen) atoms. The van der Waals surface area contributed by atoms with Gasteiger partial charge in [-0.25, -0.2) is 0 Å².